The fraction of sp³-hybridized carbons (Fsp3) is 0.136. The van der Waals surface area contributed by atoms with Crippen LogP contribution in [0.5, 0.6) is 0 Å². The van der Waals surface area contributed by atoms with Crippen LogP contribution in [-0.4, -0.2) is 25.6 Å². The second-order valence-electron chi connectivity index (χ2n) is 7.26. The van der Waals surface area contributed by atoms with Crippen LogP contribution < -0.4 is 5.32 Å². The molecule has 1 amide bonds. The average Bonchev–Trinajstić information content (AvgIpc) is 3.33. The Kier molecular flexibility index (Phi) is 4.30. The minimum Gasteiger partial charge on any atom is -0.389 e. The second kappa shape index (κ2) is 6.90. The Bertz CT molecular complexity index is 1320. The number of aliphatic hydroxyl groups excluding tert-OH is 1. The van der Waals surface area contributed by atoms with E-state index in [1.54, 1.807) is 17.5 Å². The van der Waals surface area contributed by atoms with Crippen molar-refractivity contribution in [2.75, 3.05) is 0 Å². The van der Waals surface area contributed by atoms with Gasteiger partial charge in [-0.2, -0.15) is 5.10 Å². The van der Waals surface area contributed by atoms with E-state index in [0.29, 0.717) is 32.9 Å². The molecule has 1 aliphatic rings. The normalized spacial score (nSPS) is 16.5. The lowest BCUT2D eigenvalue weighted by atomic mass is 9.88. The average molecular weight is 423 g/mol. The van der Waals surface area contributed by atoms with Crippen molar-refractivity contribution in [3.8, 4) is 11.1 Å². The summed E-state index contributed by atoms with van der Waals surface area (Å²) in [6, 6.07) is 10.7. The first-order valence-corrected chi connectivity index (χ1v) is 9.71. The monoisotopic (exact) mass is 422 g/mol. The molecule has 0 spiro atoms. The maximum Gasteiger partial charge on any atom is 0.252 e. The number of carbonyl (C=O) groups excluding carboxylic acids is 1. The third-order valence-corrected chi connectivity index (χ3v) is 5.69. The van der Waals surface area contributed by atoms with Gasteiger partial charge < -0.3 is 10.4 Å². The van der Waals surface area contributed by atoms with Crippen molar-refractivity contribution in [2.45, 2.75) is 19.1 Å². The van der Waals surface area contributed by atoms with Gasteiger partial charge in [0.05, 0.1) is 12.1 Å². The highest BCUT2D eigenvalue weighted by atomic mass is 35.5. The molecule has 2 aromatic carbocycles. The third kappa shape index (κ3) is 2.94. The first-order valence-electron chi connectivity index (χ1n) is 9.34. The van der Waals surface area contributed by atoms with E-state index < -0.39 is 18.0 Å². The predicted molar refractivity (Wildman–Crippen MR) is 110 cm³/mol. The molecular weight excluding hydrogens is 407 g/mol. The largest absolute Gasteiger partial charge is 0.389 e. The molecule has 0 saturated heterocycles. The van der Waals surface area contributed by atoms with Gasteiger partial charge in [-0.25, -0.2) is 13.9 Å². The number of hydrogen-bond donors (Lipinski definition) is 2. The number of aliphatic hydroxyl groups is 1. The second-order valence-corrected chi connectivity index (χ2v) is 7.66. The fourth-order valence-electron chi connectivity index (χ4n) is 3.94. The maximum atomic E-state index is 13.9. The molecule has 0 unspecified atom stereocenters. The van der Waals surface area contributed by atoms with Crippen LogP contribution in [0.2, 0.25) is 5.02 Å². The van der Waals surface area contributed by atoms with Crippen LogP contribution in [0.3, 0.4) is 0 Å². The zero-order chi connectivity index (χ0) is 21.0. The van der Waals surface area contributed by atoms with Gasteiger partial charge >= 0.3 is 0 Å². The maximum absolute atomic E-state index is 13.9. The van der Waals surface area contributed by atoms with Crippen molar-refractivity contribution in [3.63, 3.8) is 0 Å². The zero-order valence-corrected chi connectivity index (χ0v) is 16.6. The number of amides is 1. The van der Waals surface area contributed by atoms with E-state index in [4.69, 9.17) is 11.6 Å². The molecule has 2 aromatic heterocycles. The number of pyridine rings is 1. The van der Waals surface area contributed by atoms with Crippen LogP contribution in [0.25, 0.3) is 16.8 Å². The van der Waals surface area contributed by atoms with Gasteiger partial charge in [-0.05, 0) is 66.1 Å². The lowest BCUT2D eigenvalue weighted by Gasteiger charge is -2.20. The summed E-state index contributed by atoms with van der Waals surface area (Å²) in [6.45, 7) is 1.63. The fourth-order valence-corrected chi connectivity index (χ4v) is 4.16. The van der Waals surface area contributed by atoms with E-state index in [9.17, 15) is 14.3 Å². The molecule has 0 saturated carbocycles. The highest BCUT2D eigenvalue weighted by Crippen LogP contribution is 2.41. The number of carbonyl (C=O) groups is 1. The highest BCUT2D eigenvalue weighted by Gasteiger charge is 2.35. The van der Waals surface area contributed by atoms with Crippen molar-refractivity contribution in [2.24, 2.45) is 0 Å². The van der Waals surface area contributed by atoms with Gasteiger partial charge in [-0.15, -0.1) is 0 Å². The Morgan fingerprint density at radius 1 is 1.20 bits per heavy atom. The van der Waals surface area contributed by atoms with E-state index >= 15 is 0 Å². The van der Waals surface area contributed by atoms with Crippen LogP contribution >= 0.6 is 11.6 Å². The minimum absolute atomic E-state index is 0.305. The molecule has 30 heavy (non-hydrogen) atoms. The highest BCUT2D eigenvalue weighted by molar-refractivity contribution is 6.31. The van der Waals surface area contributed by atoms with Gasteiger partial charge in [0.2, 0.25) is 0 Å². The SMILES string of the molecule is C[C@@H](O)c1cc(-c2ccc3ncnn3c2)cc2c1[C@@H](c1cc(F)ccc1Cl)NC2=O. The summed E-state index contributed by atoms with van der Waals surface area (Å²) in [4.78, 5) is 17.0. The lowest BCUT2D eigenvalue weighted by Crippen LogP contribution is -2.20. The summed E-state index contributed by atoms with van der Waals surface area (Å²) in [5, 5.41) is 17.9. The Balaban J connectivity index is 1.71. The number of nitrogens with one attached hydrogen (secondary N) is 1. The number of halogens is 2. The van der Waals surface area contributed by atoms with Gasteiger partial charge in [0.25, 0.3) is 5.91 Å². The molecule has 6 nitrogen and oxygen atoms in total. The summed E-state index contributed by atoms with van der Waals surface area (Å²) < 4.78 is 15.5. The van der Waals surface area contributed by atoms with Crippen molar-refractivity contribution in [3.05, 3.63) is 88.1 Å². The topological polar surface area (TPSA) is 79.5 Å². The molecule has 0 bridgehead atoms. The van der Waals surface area contributed by atoms with E-state index in [0.717, 1.165) is 11.1 Å². The number of nitrogens with zero attached hydrogens (tertiary/aromatic N) is 3. The molecule has 0 aliphatic carbocycles. The van der Waals surface area contributed by atoms with Crippen molar-refractivity contribution >= 4 is 23.2 Å². The number of hydrogen-bond acceptors (Lipinski definition) is 4. The molecule has 0 fully saturated rings. The predicted octanol–water partition coefficient (Wildman–Crippen LogP) is 4.07. The van der Waals surface area contributed by atoms with Crippen LogP contribution in [-0.2, 0) is 0 Å². The molecule has 1 aliphatic heterocycles. The Hall–Kier alpha value is -3.29. The lowest BCUT2D eigenvalue weighted by molar-refractivity contribution is 0.0960. The Morgan fingerprint density at radius 2 is 2.03 bits per heavy atom. The molecule has 2 N–H and O–H groups in total. The molecular formula is C22H16ClFN4O2. The third-order valence-electron chi connectivity index (χ3n) is 5.35. The van der Waals surface area contributed by atoms with E-state index in [1.807, 2.05) is 24.4 Å². The van der Waals surface area contributed by atoms with E-state index in [1.165, 1.54) is 24.5 Å². The van der Waals surface area contributed by atoms with Crippen molar-refractivity contribution in [1.29, 1.82) is 0 Å². The van der Waals surface area contributed by atoms with Crippen molar-refractivity contribution in [1.82, 2.24) is 19.9 Å². The summed E-state index contributed by atoms with van der Waals surface area (Å²) in [5.74, 6) is -0.755. The molecule has 8 heteroatoms. The van der Waals surface area contributed by atoms with Crippen LogP contribution in [0.15, 0.2) is 55.0 Å². The molecule has 3 heterocycles. The molecule has 4 aromatic rings. The van der Waals surface area contributed by atoms with Crippen LogP contribution in [0, 0.1) is 5.82 Å². The van der Waals surface area contributed by atoms with Crippen molar-refractivity contribution < 1.29 is 14.3 Å². The number of fused-ring (bicyclic) bond motifs is 2. The summed E-state index contributed by atoms with van der Waals surface area (Å²) in [7, 11) is 0. The number of benzene rings is 2. The summed E-state index contributed by atoms with van der Waals surface area (Å²) in [5.41, 5.74) is 4.32. The van der Waals surface area contributed by atoms with E-state index in [-0.39, 0.29) is 5.91 Å². The van der Waals surface area contributed by atoms with Gasteiger partial charge in [-0.3, -0.25) is 4.79 Å². The molecule has 5 rings (SSSR count). The molecule has 0 radical (unpaired) electrons. The smallest absolute Gasteiger partial charge is 0.252 e. The zero-order valence-electron chi connectivity index (χ0n) is 15.8. The van der Waals surface area contributed by atoms with Gasteiger partial charge in [0.15, 0.2) is 5.65 Å². The first-order chi connectivity index (χ1) is 14.4. The molecule has 150 valence electrons. The van der Waals surface area contributed by atoms with E-state index in [2.05, 4.69) is 15.4 Å². The summed E-state index contributed by atoms with van der Waals surface area (Å²) in [6.07, 6.45) is 2.42. The quantitative estimate of drug-likeness (QED) is 0.521. The van der Waals surface area contributed by atoms with Gasteiger partial charge in [-0.1, -0.05) is 11.6 Å². The van der Waals surface area contributed by atoms with Crippen LogP contribution in [0.4, 0.5) is 4.39 Å². The number of aromatic nitrogens is 3. The number of rotatable bonds is 3. The molecule has 2 atom stereocenters. The first kappa shape index (κ1) is 18.7. The Labute approximate surface area is 175 Å². The van der Waals surface area contributed by atoms with Crippen LogP contribution in [0.1, 0.15) is 46.1 Å². The summed E-state index contributed by atoms with van der Waals surface area (Å²) >= 11 is 6.30. The standard InChI is InChI=1S/C22H16ClFN4O2/c1-11(29)15-6-13(12-2-5-19-25-10-26-28(19)9-12)7-17-20(15)21(27-22(17)30)16-8-14(24)3-4-18(16)23/h2-11,21,29H,1H3,(H,27,30)/t11-,21-/m1/s1. The Morgan fingerprint density at radius 3 is 2.83 bits per heavy atom. The van der Waals surface area contributed by atoms with Gasteiger partial charge in [0.1, 0.15) is 12.1 Å². The van der Waals surface area contributed by atoms with Gasteiger partial charge in [0, 0.05) is 27.9 Å². The minimum atomic E-state index is -0.851.